The quantitative estimate of drug-likeness (QED) is 0.504. The zero-order chi connectivity index (χ0) is 15.8. The van der Waals surface area contributed by atoms with Gasteiger partial charge in [-0.2, -0.15) is 0 Å². The molecule has 0 saturated carbocycles. The second-order valence-electron chi connectivity index (χ2n) is 5.03. The Labute approximate surface area is 131 Å². The molecular weight excluding hydrogens is 272 g/mol. The molecule has 4 heteroatoms. The van der Waals surface area contributed by atoms with Gasteiger partial charge in [-0.25, -0.2) is 0 Å². The molecule has 0 atom stereocenters. The van der Waals surface area contributed by atoms with E-state index in [9.17, 15) is 0 Å². The van der Waals surface area contributed by atoms with Gasteiger partial charge in [-0.15, -0.1) is 0 Å². The highest BCUT2D eigenvalue weighted by Gasteiger charge is 2.07. The highest BCUT2D eigenvalue weighted by atomic mass is 15.0. The number of nitrogens with one attached hydrogen (secondary N) is 1. The van der Waals surface area contributed by atoms with Gasteiger partial charge in [-0.05, 0) is 43.2 Å². The van der Waals surface area contributed by atoms with E-state index in [0.29, 0.717) is 12.2 Å². The standard InChI is InChI=1S/C18H22N4/c1-3-6-14(2)22-18(16-7-4-5-8-17(16)19)21-13-15-9-11-20-12-10-15/h4-12H,3,13,19H2,1-2H3,(H,21,22)/b14-6+. The summed E-state index contributed by atoms with van der Waals surface area (Å²) in [5.41, 5.74) is 9.90. The highest BCUT2D eigenvalue weighted by molar-refractivity contribution is 6.03. The summed E-state index contributed by atoms with van der Waals surface area (Å²) >= 11 is 0. The van der Waals surface area contributed by atoms with Crippen molar-refractivity contribution in [1.82, 2.24) is 10.3 Å². The Kier molecular flexibility index (Phi) is 5.72. The molecule has 0 radical (unpaired) electrons. The molecule has 1 aromatic carbocycles. The average molecular weight is 294 g/mol. The Hall–Kier alpha value is -2.62. The molecule has 0 bridgehead atoms. The number of hydrogen-bond acceptors (Lipinski definition) is 3. The monoisotopic (exact) mass is 294 g/mol. The van der Waals surface area contributed by atoms with Crippen LogP contribution in [0.4, 0.5) is 5.69 Å². The Bertz CT molecular complexity index is 660. The van der Waals surface area contributed by atoms with Crippen LogP contribution in [0.1, 0.15) is 31.4 Å². The van der Waals surface area contributed by atoms with Crippen molar-refractivity contribution in [2.45, 2.75) is 26.8 Å². The maximum absolute atomic E-state index is 6.09. The molecule has 2 rings (SSSR count). The van der Waals surface area contributed by atoms with Crippen molar-refractivity contribution >= 4 is 11.5 Å². The summed E-state index contributed by atoms with van der Waals surface area (Å²) in [6, 6.07) is 11.7. The molecule has 1 heterocycles. The number of pyridine rings is 1. The first-order chi connectivity index (χ1) is 10.7. The molecule has 0 unspecified atom stereocenters. The fourth-order valence-corrected chi connectivity index (χ4v) is 2.11. The van der Waals surface area contributed by atoms with Crippen LogP contribution >= 0.6 is 0 Å². The van der Waals surface area contributed by atoms with Gasteiger partial charge in [0.15, 0.2) is 0 Å². The normalized spacial score (nSPS) is 12.3. The summed E-state index contributed by atoms with van der Waals surface area (Å²) in [4.78, 5) is 8.73. The van der Waals surface area contributed by atoms with E-state index < -0.39 is 0 Å². The van der Waals surface area contributed by atoms with Gasteiger partial charge in [0.05, 0.1) is 6.54 Å². The number of nitrogens with two attached hydrogens (primary N) is 1. The van der Waals surface area contributed by atoms with Crippen molar-refractivity contribution in [1.29, 1.82) is 0 Å². The molecule has 0 amide bonds. The van der Waals surface area contributed by atoms with Crippen LogP contribution in [0, 0.1) is 0 Å². The summed E-state index contributed by atoms with van der Waals surface area (Å²) in [6.07, 6.45) is 6.65. The molecular formula is C18H22N4. The van der Waals surface area contributed by atoms with Gasteiger partial charge in [0, 0.05) is 29.3 Å². The van der Waals surface area contributed by atoms with E-state index in [1.165, 1.54) is 0 Å². The lowest BCUT2D eigenvalue weighted by molar-refractivity contribution is 1.00. The van der Waals surface area contributed by atoms with Crippen molar-refractivity contribution in [3.63, 3.8) is 0 Å². The second-order valence-corrected chi connectivity index (χ2v) is 5.03. The third kappa shape index (κ3) is 4.45. The minimum absolute atomic E-state index is 0.582. The minimum atomic E-state index is 0.582. The van der Waals surface area contributed by atoms with E-state index >= 15 is 0 Å². The summed E-state index contributed by atoms with van der Waals surface area (Å²) < 4.78 is 0. The van der Waals surface area contributed by atoms with Crippen LogP contribution in [-0.2, 0) is 6.54 Å². The number of anilines is 1. The molecule has 4 nitrogen and oxygen atoms in total. The third-order valence-electron chi connectivity index (χ3n) is 3.21. The molecule has 2 aromatic rings. The van der Waals surface area contributed by atoms with E-state index in [1.807, 2.05) is 43.3 Å². The first-order valence-electron chi connectivity index (χ1n) is 7.42. The highest BCUT2D eigenvalue weighted by Crippen LogP contribution is 2.13. The van der Waals surface area contributed by atoms with Gasteiger partial charge >= 0.3 is 0 Å². The number of hydrogen-bond donors (Lipinski definition) is 2. The van der Waals surface area contributed by atoms with E-state index in [2.05, 4.69) is 23.3 Å². The molecule has 0 aliphatic carbocycles. The molecule has 1 aromatic heterocycles. The first kappa shape index (κ1) is 15.8. The lowest BCUT2D eigenvalue weighted by Gasteiger charge is -2.13. The largest absolute Gasteiger partial charge is 0.398 e. The summed E-state index contributed by atoms with van der Waals surface area (Å²) in [5.74, 6) is 0.789. The zero-order valence-corrected chi connectivity index (χ0v) is 13.1. The van der Waals surface area contributed by atoms with Gasteiger partial charge in [-0.3, -0.25) is 9.98 Å². The van der Waals surface area contributed by atoms with Crippen LogP contribution in [0.3, 0.4) is 0 Å². The van der Waals surface area contributed by atoms with Crippen LogP contribution < -0.4 is 11.1 Å². The van der Waals surface area contributed by atoms with Gasteiger partial charge in [0.1, 0.15) is 5.84 Å². The molecule has 0 saturated heterocycles. The topological polar surface area (TPSA) is 63.3 Å². The van der Waals surface area contributed by atoms with Crippen LogP contribution in [0.25, 0.3) is 0 Å². The number of aromatic nitrogens is 1. The maximum atomic E-state index is 6.09. The summed E-state index contributed by atoms with van der Waals surface area (Å²) in [7, 11) is 0. The fraction of sp³-hybridized carbons (Fsp3) is 0.222. The number of nitrogen functional groups attached to an aromatic ring is 1. The molecule has 0 fully saturated rings. The van der Waals surface area contributed by atoms with Gasteiger partial charge in [-0.1, -0.05) is 25.1 Å². The molecule has 114 valence electrons. The van der Waals surface area contributed by atoms with Gasteiger partial charge < -0.3 is 11.1 Å². The molecule has 0 aliphatic rings. The minimum Gasteiger partial charge on any atom is -0.398 e. The Morgan fingerprint density at radius 3 is 2.64 bits per heavy atom. The molecule has 0 aliphatic heterocycles. The van der Waals surface area contributed by atoms with Crippen molar-refractivity contribution in [2.75, 3.05) is 5.73 Å². The van der Waals surface area contributed by atoms with Crippen LogP contribution in [-0.4, -0.2) is 10.8 Å². The van der Waals surface area contributed by atoms with Crippen LogP contribution in [0.15, 0.2) is 65.6 Å². The van der Waals surface area contributed by atoms with E-state index in [-0.39, 0.29) is 0 Å². The summed E-state index contributed by atoms with van der Waals surface area (Å²) in [5, 5.41) is 3.36. The molecule has 22 heavy (non-hydrogen) atoms. The number of aliphatic imine (C=N–C) groups is 1. The zero-order valence-electron chi connectivity index (χ0n) is 13.1. The van der Waals surface area contributed by atoms with Crippen molar-refractivity contribution in [3.05, 3.63) is 71.7 Å². The lowest BCUT2D eigenvalue weighted by atomic mass is 10.1. The van der Waals surface area contributed by atoms with E-state index in [4.69, 9.17) is 10.7 Å². The predicted octanol–water partition coefficient (Wildman–Crippen LogP) is 3.51. The average Bonchev–Trinajstić information content (AvgIpc) is 2.53. The second kappa shape index (κ2) is 7.98. The maximum Gasteiger partial charge on any atom is 0.134 e. The van der Waals surface area contributed by atoms with Crippen LogP contribution in [0.5, 0.6) is 0 Å². The smallest absolute Gasteiger partial charge is 0.134 e. The molecule has 0 spiro atoms. The number of benzene rings is 1. The van der Waals surface area contributed by atoms with Crippen LogP contribution in [0.2, 0.25) is 0 Å². The Morgan fingerprint density at radius 1 is 1.23 bits per heavy atom. The van der Waals surface area contributed by atoms with E-state index in [1.54, 1.807) is 12.4 Å². The first-order valence-corrected chi connectivity index (χ1v) is 7.42. The fourth-order valence-electron chi connectivity index (χ4n) is 2.11. The number of amidine groups is 1. The number of para-hydroxylation sites is 1. The van der Waals surface area contributed by atoms with Gasteiger partial charge in [0.25, 0.3) is 0 Å². The molecule has 3 N–H and O–H groups in total. The SMILES string of the molecule is CC/C=C(\C)NC(=NCc1ccncc1)c1ccccc1N. The third-order valence-corrected chi connectivity index (χ3v) is 3.21. The lowest BCUT2D eigenvalue weighted by Crippen LogP contribution is -2.24. The Balaban J connectivity index is 2.29. The number of allylic oxidation sites excluding steroid dienone is 2. The van der Waals surface area contributed by atoms with Crippen molar-refractivity contribution < 1.29 is 0 Å². The Morgan fingerprint density at radius 2 is 1.95 bits per heavy atom. The van der Waals surface area contributed by atoms with E-state index in [0.717, 1.165) is 29.1 Å². The summed E-state index contributed by atoms with van der Waals surface area (Å²) in [6.45, 7) is 4.72. The number of rotatable bonds is 5. The van der Waals surface area contributed by atoms with Crippen molar-refractivity contribution in [3.8, 4) is 0 Å². The van der Waals surface area contributed by atoms with Crippen molar-refractivity contribution in [2.24, 2.45) is 4.99 Å². The van der Waals surface area contributed by atoms with Gasteiger partial charge in [0.2, 0.25) is 0 Å². The number of nitrogens with zero attached hydrogens (tertiary/aromatic N) is 2. The predicted molar refractivity (Wildman–Crippen MR) is 92.5 cm³/mol.